The zero-order chi connectivity index (χ0) is 13.6. The summed E-state index contributed by atoms with van der Waals surface area (Å²) in [5, 5.41) is 3.22. The molecule has 1 N–H and O–H groups in total. The molecule has 1 aromatic carbocycles. The Morgan fingerprint density at radius 1 is 1.17 bits per heavy atom. The van der Waals surface area contributed by atoms with Gasteiger partial charge in [0.1, 0.15) is 0 Å². The van der Waals surface area contributed by atoms with Crippen LogP contribution < -0.4 is 5.32 Å². The van der Waals surface area contributed by atoms with E-state index in [0.717, 1.165) is 30.6 Å². The van der Waals surface area contributed by atoms with E-state index in [1.165, 1.54) is 0 Å². The molecule has 0 heterocycles. The van der Waals surface area contributed by atoms with Crippen LogP contribution in [-0.4, -0.2) is 27.3 Å². The molecule has 0 radical (unpaired) electrons. The van der Waals surface area contributed by atoms with Crippen molar-refractivity contribution in [3.05, 3.63) is 29.3 Å². The number of sulfone groups is 1. The Bertz CT molecular complexity index is 481. The predicted molar refractivity (Wildman–Crippen MR) is 75.7 cm³/mol. The highest BCUT2D eigenvalue weighted by atomic mass is 32.2. The molecule has 102 valence electrons. The lowest BCUT2D eigenvalue weighted by Crippen LogP contribution is -2.19. The Balaban J connectivity index is 2.63. The van der Waals surface area contributed by atoms with Crippen LogP contribution in [0.3, 0.4) is 0 Å². The molecule has 1 aromatic rings. The average Bonchev–Trinajstić information content (AvgIpc) is 2.28. The summed E-state index contributed by atoms with van der Waals surface area (Å²) in [7, 11) is -3.13. The number of hydrogen-bond acceptors (Lipinski definition) is 3. The van der Waals surface area contributed by atoms with Gasteiger partial charge in [-0.25, -0.2) is 8.42 Å². The molecule has 0 aliphatic heterocycles. The Hall–Kier alpha value is -0.870. The van der Waals surface area contributed by atoms with Crippen molar-refractivity contribution in [2.75, 3.05) is 18.8 Å². The third kappa shape index (κ3) is 4.42. The summed E-state index contributed by atoms with van der Waals surface area (Å²) >= 11 is 0. The first-order chi connectivity index (χ1) is 8.47. The maximum Gasteiger partial charge on any atom is 0.178 e. The van der Waals surface area contributed by atoms with Crippen molar-refractivity contribution in [2.24, 2.45) is 0 Å². The number of benzene rings is 1. The van der Waals surface area contributed by atoms with Crippen molar-refractivity contribution in [3.63, 3.8) is 0 Å². The van der Waals surface area contributed by atoms with Crippen LogP contribution in [0.15, 0.2) is 23.1 Å². The van der Waals surface area contributed by atoms with E-state index >= 15 is 0 Å². The van der Waals surface area contributed by atoms with E-state index in [1.807, 2.05) is 26.0 Å². The van der Waals surface area contributed by atoms with E-state index in [1.54, 1.807) is 6.07 Å². The van der Waals surface area contributed by atoms with Crippen LogP contribution in [-0.2, 0) is 9.84 Å². The second-order valence-corrected chi connectivity index (χ2v) is 6.77. The summed E-state index contributed by atoms with van der Waals surface area (Å²) in [6, 6.07) is 5.50. The molecular formula is C14H23NO2S. The van der Waals surface area contributed by atoms with E-state index < -0.39 is 9.84 Å². The van der Waals surface area contributed by atoms with Gasteiger partial charge in [0.15, 0.2) is 9.84 Å². The minimum Gasteiger partial charge on any atom is -0.317 e. The molecule has 0 atom stereocenters. The second-order valence-electron chi connectivity index (χ2n) is 4.69. The fourth-order valence-electron chi connectivity index (χ4n) is 1.95. The van der Waals surface area contributed by atoms with E-state index in [-0.39, 0.29) is 5.75 Å². The second kappa shape index (κ2) is 6.90. The molecule has 0 aliphatic carbocycles. The van der Waals surface area contributed by atoms with Gasteiger partial charge in [0, 0.05) is 0 Å². The third-order valence-corrected chi connectivity index (χ3v) is 4.81. The predicted octanol–water partition coefficient (Wildman–Crippen LogP) is 2.47. The van der Waals surface area contributed by atoms with Gasteiger partial charge in [-0.2, -0.15) is 0 Å². The molecule has 0 spiro atoms. The maximum atomic E-state index is 12.2. The van der Waals surface area contributed by atoms with Gasteiger partial charge in [0.25, 0.3) is 0 Å². The van der Waals surface area contributed by atoms with E-state index in [2.05, 4.69) is 12.2 Å². The first-order valence-electron chi connectivity index (χ1n) is 6.48. The minimum absolute atomic E-state index is 0.216. The summed E-state index contributed by atoms with van der Waals surface area (Å²) in [6.07, 6.45) is 1.74. The zero-order valence-electron chi connectivity index (χ0n) is 11.5. The van der Waals surface area contributed by atoms with Crippen LogP contribution in [0.2, 0.25) is 0 Å². The molecule has 0 saturated carbocycles. The number of nitrogens with one attached hydrogen (secondary N) is 1. The van der Waals surface area contributed by atoms with Crippen LogP contribution in [0.25, 0.3) is 0 Å². The number of rotatable bonds is 7. The standard InChI is InChI=1S/C14H23NO2S/c1-4-8-15-9-5-10-18(16,17)14-7-6-12(2)11-13(14)3/h6-7,11,15H,4-5,8-10H2,1-3H3. The van der Waals surface area contributed by atoms with Gasteiger partial charge < -0.3 is 5.32 Å². The first-order valence-corrected chi connectivity index (χ1v) is 8.13. The summed E-state index contributed by atoms with van der Waals surface area (Å²) in [6.45, 7) is 7.63. The molecule has 0 aromatic heterocycles. The highest BCUT2D eigenvalue weighted by molar-refractivity contribution is 7.91. The van der Waals surface area contributed by atoms with Crippen LogP contribution >= 0.6 is 0 Å². The lowest BCUT2D eigenvalue weighted by Gasteiger charge is -2.09. The highest BCUT2D eigenvalue weighted by Gasteiger charge is 2.16. The maximum absolute atomic E-state index is 12.2. The van der Waals surface area contributed by atoms with Gasteiger partial charge in [-0.05, 0) is 51.4 Å². The highest BCUT2D eigenvalue weighted by Crippen LogP contribution is 2.18. The van der Waals surface area contributed by atoms with E-state index in [4.69, 9.17) is 0 Å². The van der Waals surface area contributed by atoms with Gasteiger partial charge in [0.05, 0.1) is 10.6 Å². The van der Waals surface area contributed by atoms with E-state index in [0.29, 0.717) is 11.3 Å². The number of hydrogen-bond donors (Lipinski definition) is 1. The van der Waals surface area contributed by atoms with Gasteiger partial charge >= 0.3 is 0 Å². The zero-order valence-corrected chi connectivity index (χ0v) is 12.3. The fourth-order valence-corrected chi connectivity index (χ4v) is 3.52. The van der Waals surface area contributed by atoms with Crippen molar-refractivity contribution in [2.45, 2.75) is 38.5 Å². The van der Waals surface area contributed by atoms with Gasteiger partial charge in [0.2, 0.25) is 0 Å². The van der Waals surface area contributed by atoms with Gasteiger partial charge in [-0.1, -0.05) is 24.6 Å². The Morgan fingerprint density at radius 2 is 1.89 bits per heavy atom. The van der Waals surface area contributed by atoms with Gasteiger partial charge in [-0.15, -0.1) is 0 Å². The Kier molecular flexibility index (Phi) is 5.82. The Morgan fingerprint density at radius 3 is 2.50 bits per heavy atom. The van der Waals surface area contributed by atoms with Crippen molar-refractivity contribution in [1.29, 1.82) is 0 Å². The summed E-state index contributed by atoms with van der Waals surface area (Å²) < 4.78 is 24.3. The van der Waals surface area contributed by atoms with Crippen LogP contribution in [0.4, 0.5) is 0 Å². The van der Waals surface area contributed by atoms with Crippen LogP contribution in [0, 0.1) is 13.8 Å². The molecule has 0 amide bonds. The first kappa shape index (κ1) is 15.2. The molecule has 0 unspecified atom stereocenters. The molecule has 0 saturated heterocycles. The minimum atomic E-state index is -3.13. The fraction of sp³-hybridized carbons (Fsp3) is 0.571. The molecule has 1 rings (SSSR count). The quantitative estimate of drug-likeness (QED) is 0.773. The van der Waals surface area contributed by atoms with Crippen molar-refractivity contribution >= 4 is 9.84 Å². The number of aryl methyl sites for hydroxylation is 2. The molecular weight excluding hydrogens is 246 g/mol. The monoisotopic (exact) mass is 269 g/mol. The smallest absolute Gasteiger partial charge is 0.178 e. The largest absolute Gasteiger partial charge is 0.317 e. The van der Waals surface area contributed by atoms with Crippen LogP contribution in [0.1, 0.15) is 30.9 Å². The molecule has 3 nitrogen and oxygen atoms in total. The average molecular weight is 269 g/mol. The molecule has 18 heavy (non-hydrogen) atoms. The lowest BCUT2D eigenvalue weighted by atomic mass is 10.2. The molecule has 4 heteroatoms. The SMILES string of the molecule is CCCNCCCS(=O)(=O)c1ccc(C)cc1C. The normalized spacial score (nSPS) is 11.7. The third-order valence-electron chi connectivity index (χ3n) is 2.86. The van der Waals surface area contributed by atoms with Crippen molar-refractivity contribution < 1.29 is 8.42 Å². The Labute approximate surface area is 111 Å². The lowest BCUT2D eigenvalue weighted by molar-refractivity contribution is 0.587. The molecule has 0 aliphatic rings. The summed E-state index contributed by atoms with van der Waals surface area (Å²) in [5.74, 6) is 0.216. The summed E-state index contributed by atoms with van der Waals surface area (Å²) in [5.41, 5.74) is 1.94. The van der Waals surface area contributed by atoms with Gasteiger partial charge in [-0.3, -0.25) is 0 Å². The van der Waals surface area contributed by atoms with Crippen LogP contribution in [0.5, 0.6) is 0 Å². The van der Waals surface area contributed by atoms with Crippen molar-refractivity contribution in [3.8, 4) is 0 Å². The molecule has 0 bridgehead atoms. The topological polar surface area (TPSA) is 46.2 Å². The van der Waals surface area contributed by atoms with E-state index in [9.17, 15) is 8.42 Å². The molecule has 0 fully saturated rings. The summed E-state index contributed by atoms with van der Waals surface area (Å²) in [4.78, 5) is 0.476. The van der Waals surface area contributed by atoms with Crippen molar-refractivity contribution in [1.82, 2.24) is 5.32 Å².